The van der Waals surface area contributed by atoms with E-state index < -0.39 is 0 Å². The summed E-state index contributed by atoms with van der Waals surface area (Å²) in [6.07, 6.45) is 4.60. The highest BCUT2D eigenvalue weighted by Crippen LogP contribution is 2.25. The smallest absolute Gasteiger partial charge is 0.309 e. The summed E-state index contributed by atoms with van der Waals surface area (Å²) < 4.78 is 5.12. The maximum absolute atomic E-state index is 11.7. The lowest BCUT2D eigenvalue weighted by molar-refractivity contribution is -0.149. The highest BCUT2D eigenvalue weighted by molar-refractivity contribution is 5.72. The first kappa shape index (κ1) is 15.8. The van der Waals surface area contributed by atoms with Crippen molar-refractivity contribution in [2.75, 3.05) is 32.8 Å². The van der Waals surface area contributed by atoms with Gasteiger partial charge in [0.05, 0.1) is 12.5 Å². The number of nitrogens with zero attached hydrogens (tertiary/aromatic N) is 1. The third-order valence-electron chi connectivity index (χ3n) is 4.31. The van der Waals surface area contributed by atoms with Crippen LogP contribution < -0.4 is 5.32 Å². The zero-order chi connectivity index (χ0) is 14.6. The molecule has 0 bridgehead atoms. The summed E-state index contributed by atoms with van der Waals surface area (Å²) in [5.41, 5.74) is 0.305. The Labute approximate surface area is 123 Å². The molecule has 116 valence electrons. The van der Waals surface area contributed by atoms with Crippen molar-refractivity contribution in [2.24, 2.45) is 11.3 Å². The monoisotopic (exact) mass is 282 g/mol. The lowest BCUT2D eigenvalue weighted by Gasteiger charge is -2.37. The zero-order valence-corrected chi connectivity index (χ0v) is 13.3. The van der Waals surface area contributed by atoms with Crippen molar-refractivity contribution < 1.29 is 9.53 Å². The van der Waals surface area contributed by atoms with Crippen molar-refractivity contribution in [3.05, 3.63) is 0 Å². The van der Waals surface area contributed by atoms with Gasteiger partial charge in [-0.1, -0.05) is 13.8 Å². The zero-order valence-electron chi connectivity index (χ0n) is 13.3. The van der Waals surface area contributed by atoms with Gasteiger partial charge in [0, 0.05) is 19.1 Å². The summed E-state index contributed by atoms with van der Waals surface area (Å²) in [5.74, 6) is 0.126. The molecule has 2 rings (SSSR count). The van der Waals surface area contributed by atoms with Gasteiger partial charge in [0.15, 0.2) is 0 Å². The van der Waals surface area contributed by atoms with Crippen molar-refractivity contribution >= 4 is 5.97 Å². The molecular formula is C16H30N2O2. The Balaban J connectivity index is 1.68. The highest BCUT2D eigenvalue weighted by atomic mass is 16.5. The van der Waals surface area contributed by atoms with Crippen LogP contribution in [0.15, 0.2) is 0 Å². The van der Waals surface area contributed by atoms with Gasteiger partial charge in [-0.3, -0.25) is 4.79 Å². The molecule has 2 aliphatic rings. The van der Waals surface area contributed by atoms with Crippen LogP contribution in [0.2, 0.25) is 0 Å². The van der Waals surface area contributed by atoms with Gasteiger partial charge in [0.1, 0.15) is 0 Å². The summed E-state index contributed by atoms with van der Waals surface area (Å²) in [5, 5.41) is 3.63. The molecule has 1 aliphatic carbocycles. The number of nitrogens with one attached hydrogen (secondary N) is 1. The maximum atomic E-state index is 11.7. The van der Waals surface area contributed by atoms with Gasteiger partial charge in [-0.25, -0.2) is 0 Å². The topological polar surface area (TPSA) is 41.6 Å². The maximum Gasteiger partial charge on any atom is 0.309 e. The van der Waals surface area contributed by atoms with Crippen LogP contribution >= 0.6 is 0 Å². The second kappa shape index (κ2) is 6.90. The van der Waals surface area contributed by atoms with Crippen LogP contribution in [0, 0.1) is 11.3 Å². The average Bonchev–Trinajstić information content (AvgIpc) is 3.21. The van der Waals surface area contributed by atoms with E-state index in [2.05, 4.69) is 24.1 Å². The number of carbonyl (C=O) groups is 1. The summed E-state index contributed by atoms with van der Waals surface area (Å²) in [6, 6.07) is 0.781. The Kier molecular flexibility index (Phi) is 5.44. The Morgan fingerprint density at radius 3 is 2.45 bits per heavy atom. The molecule has 0 unspecified atom stereocenters. The van der Waals surface area contributed by atoms with E-state index in [0.29, 0.717) is 12.0 Å². The van der Waals surface area contributed by atoms with E-state index in [0.717, 1.165) is 45.1 Å². The highest BCUT2D eigenvalue weighted by Gasteiger charge is 2.30. The van der Waals surface area contributed by atoms with Gasteiger partial charge in [-0.15, -0.1) is 0 Å². The number of ether oxygens (including phenoxy) is 1. The predicted molar refractivity (Wildman–Crippen MR) is 80.6 cm³/mol. The molecule has 0 atom stereocenters. The largest absolute Gasteiger partial charge is 0.466 e. The summed E-state index contributed by atoms with van der Waals surface area (Å²) in [7, 11) is 0. The quantitative estimate of drug-likeness (QED) is 0.726. The average molecular weight is 282 g/mol. The molecule has 0 aromatic heterocycles. The van der Waals surface area contributed by atoms with Crippen LogP contribution in [-0.2, 0) is 9.53 Å². The van der Waals surface area contributed by atoms with Gasteiger partial charge < -0.3 is 15.0 Å². The van der Waals surface area contributed by atoms with E-state index in [4.69, 9.17) is 4.74 Å². The first-order chi connectivity index (χ1) is 9.50. The van der Waals surface area contributed by atoms with Crippen molar-refractivity contribution in [1.82, 2.24) is 10.2 Å². The molecule has 1 N–H and O–H groups in total. The number of hydrogen-bond acceptors (Lipinski definition) is 4. The SMILES string of the molecule is CCOC(=O)C1CCN(CC(C)(C)CNC2CC2)CC1. The Hall–Kier alpha value is -0.610. The van der Waals surface area contributed by atoms with Gasteiger partial charge in [-0.2, -0.15) is 0 Å². The van der Waals surface area contributed by atoms with Crippen molar-refractivity contribution in [1.29, 1.82) is 0 Å². The van der Waals surface area contributed by atoms with Gasteiger partial charge >= 0.3 is 5.97 Å². The fourth-order valence-corrected chi connectivity index (χ4v) is 2.96. The second-order valence-corrected chi connectivity index (χ2v) is 7.12. The first-order valence-corrected chi connectivity index (χ1v) is 8.12. The molecule has 1 aliphatic heterocycles. The van der Waals surface area contributed by atoms with E-state index >= 15 is 0 Å². The minimum absolute atomic E-state index is 0.00168. The fraction of sp³-hybridized carbons (Fsp3) is 0.938. The molecule has 0 spiro atoms. The van der Waals surface area contributed by atoms with Gasteiger partial charge in [0.2, 0.25) is 0 Å². The fourth-order valence-electron chi connectivity index (χ4n) is 2.96. The van der Waals surface area contributed by atoms with Crippen LogP contribution in [0.4, 0.5) is 0 Å². The summed E-state index contributed by atoms with van der Waals surface area (Å²) in [4.78, 5) is 14.2. The lowest BCUT2D eigenvalue weighted by atomic mass is 9.90. The minimum atomic E-state index is 0.00168. The Morgan fingerprint density at radius 1 is 1.25 bits per heavy atom. The standard InChI is InChI=1S/C16H30N2O2/c1-4-20-15(19)13-7-9-18(10-8-13)12-16(2,3)11-17-14-5-6-14/h13-14,17H,4-12H2,1-3H3. The summed E-state index contributed by atoms with van der Waals surface area (Å²) in [6.45, 7) is 11.3. The minimum Gasteiger partial charge on any atom is -0.466 e. The van der Waals surface area contributed by atoms with Gasteiger partial charge in [-0.05, 0) is 51.1 Å². The molecule has 4 nitrogen and oxygen atoms in total. The number of esters is 1. The Morgan fingerprint density at radius 2 is 1.90 bits per heavy atom. The molecule has 0 aromatic carbocycles. The number of likely N-dealkylation sites (tertiary alicyclic amines) is 1. The molecular weight excluding hydrogens is 252 g/mol. The number of piperidine rings is 1. The van der Waals surface area contributed by atoms with E-state index in [-0.39, 0.29) is 11.9 Å². The number of hydrogen-bond donors (Lipinski definition) is 1. The lowest BCUT2D eigenvalue weighted by Crippen LogP contribution is -2.45. The van der Waals surface area contributed by atoms with Crippen molar-refractivity contribution in [3.63, 3.8) is 0 Å². The van der Waals surface area contributed by atoms with Gasteiger partial charge in [0.25, 0.3) is 0 Å². The normalized spacial score (nSPS) is 21.9. The molecule has 1 saturated heterocycles. The van der Waals surface area contributed by atoms with Crippen LogP contribution in [0.3, 0.4) is 0 Å². The third kappa shape index (κ3) is 5.06. The van der Waals surface area contributed by atoms with E-state index in [1.807, 2.05) is 6.92 Å². The van der Waals surface area contributed by atoms with Crippen molar-refractivity contribution in [2.45, 2.75) is 52.5 Å². The number of carbonyl (C=O) groups excluding carboxylic acids is 1. The summed E-state index contributed by atoms with van der Waals surface area (Å²) >= 11 is 0. The van der Waals surface area contributed by atoms with Crippen molar-refractivity contribution in [3.8, 4) is 0 Å². The number of rotatable bonds is 7. The molecule has 2 fully saturated rings. The second-order valence-electron chi connectivity index (χ2n) is 7.12. The van der Waals surface area contributed by atoms with Crippen LogP contribution in [-0.4, -0.2) is 49.7 Å². The van der Waals surface area contributed by atoms with E-state index in [1.54, 1.807) is 0 Å². The van der Waals surface area contributed by atoms with E-state index in [9.17, 15) is 4.79 Å². The molecule has 1 heterocycles. The first-order valence-electron chi connectivity index (χ1n) is 8.12. The third-order valence-corrected chi connectivity index (χ3v) is 4.31. The molecule has 0 radical (unpaired) electrons. The van der Waals surface area contributed by atoms with Crippen LogP contribution in [0.5, 0.6) is 0 Å². The predicted octanol–water partition coefficient (Wildman–Crippen LogP) is 2.04. The Bertz CT molecular complexity index is 318. The molecule has 4 heteroatoms. The molecule has 0 amide bonds. The van der Waals surface area contributed by atoms with E-state index in [1.165, 1.54) is 12.8 Å². The molecule has 1 saturated carbocycles. The van der Waals surface area contributed by atoms with Crippen LogP contribution in [0.25, 0.3) is 0 Å². The van der Waals surface area contributed by atoms with Crippen LogP contribution in [0.1, 0.15) is 46.5 Å². The molecule has 20 heavy (non-hydrogen) atoms. The molecule has 0 aromatic rings.